The van der Waals surface area contributed by atoms with E-state index in [-0.39, 0.29) is 11.2 Å². The monoisotopic (exact) mass is 278 g/mol. The molecule has 0 spiro atoms. The van der Waals surface area contributed by atoms with Gasteiger partial charge in [-0.2, -0.15) is 0 Å². The number of nitrogens with zero attached hydrogens (tertiary/aromatic N) is 2. The van der Waals surface area contributed by atoms with Crippen LogP contribution in [0, 0.1) is 0 Å². The number of pyridine rings is 1. The third-order valence-electron chi connectivity index (χ3n) is 4.26. The van der Waals surface area contributed by atoms with Crippen molar-refractivity contribution in [2.45, 2.75) is 65.1 Å². The van der Waals surface area contributed by atoms with Gasteiger partial charge in [0.1, 0.15) is 0 Å². The molecule has 0 bridgehead atoms. The van der Waals surface area contributed by atoms with Crippen molar-refractivity contribution in [2.24, 2.45) is 0 Å². The predicted molar refractivity (Wildman–Crippen MR) is 81.0 cm³/mol. The highest BCUT2D eigenvalue weighted by atomic mass is 16.3. The first-order valence-electron chi connectivity index (χ1n) is 7.78. The lowest BCUT2D eigenvalue weighted by atomic mass is 10.0. The SMILES string of the molecule is CCCCn1cc(O)c(=O)cc1CN1CCCCC1C. The molecular formula is C16H26N2O2. The Morgan fingerprint density at radius 3 is 2.90 bits per heavy atom. The zero-order valence-electron chi connectivity index (χ0n) is 12.6. The molecule has 1 aromatic heterocycles. The molecule has 4 heteroatoms. The van der Waals surface area contributed by atoms with E-state index in [1.165, 1.54) is 19.3 Å². The van der Waals surface area contributed by atoms with Crippen molar-refractivity contribution in [3.8, 4) is 5.75 Å². The highest BCUT2D eigenvalue weighted by Gasteiger charge is 2.19. The Hall–Kier alpha value is -1.29. The van der Waals surface area contributed by atoms with Crippen molar-refractivity contribution in [1.82, 2.24) is 9.47 Å². The van der Waals surface area contributed by atoms with Gasteiger partial charge in [0.25, 0.3) is 0 Å². The quantitative estimate of drug-likeness (QED) is 0.900. The van der Waals surface area contributed by atoms with Gasteiger partial charge in [0.05, 0.1) is 6.20 Å². The molecule has 1 aliphatic rings. The molecule has 1 unspecified atom stereocenters. The topological polar surface area (TPSA) is 45.5 Å². The van der Waals surface area contributed by atoms with Crippen LogP contribution in [0.1, 0.15) is 51.6 Å². The summed E-state index contributed by atoms with van der Waals surface area (Å²) >= 11 is 0. The molecule has 112 valence electrons. The van der Waals surface area contributed by atoms with E-state index >= 15 is 0 Å². The molecule has 0 radical (unpaired) electrons. The molecule has 4 nitrogen and oxygen atoms in total. The first-order valence-corrected chi connectivity index (χ1v) is 7.78. The average molecular weight is 278 g/mol. The molecule has 0 aliphatic carbocycles. The van der Waals surface area contributed by atoms with Crippen LogP contribution in [0.25, 0.3) is 0 Å². The lowest BCUT2D eigenvalue weighted by Gasteiger charge is -2.34. The third kappa shape index (κ3) is 3.63. The Kier molecular flexibility index (Phi) is 5.24. The zero-order valence-corrected chi connectivity index (χ0v) is 12.6. The van der Waals surface area contributed by atoms with Gasteiger partial charge in [0.2, 0.25) is 5.43 Å². The molecule has 1 fully saturated rings. The second kappa shape index (κ2) is 6.93. The predicted octanol–water partition coefficient (Wildman–Crippen LogP) is 2.73. The van der Waals surface area contributed by atoms with Gasteiger partial charge in [0.15, 0.2) is 5.75 Å². The number of aryl methyl sites for hydroxylation is 1. The molecule has 1 aromatic rings. The Bertz CT molecular complexity index is 496. The van der Waals surface area contributed by atoms with E-state index < -0.39 is 0 Å². The molecule has 20 heavy (non-hydrogen) atoms. The molecule has 0 saturated carbocycles. The van der Waals surface area contributed by atoms with E-state index in [9.17, 15) is 9.90 Å². The van der Waals surface area contributed by atoms with Crippen LogP contribution in [0.3, 0.4) is 0 Å². The van der Waals surface area contributed by atoms with E-state index in [2.05, 4.69) is 18.7 Å². The normalized spacial score (nSPS) is 20.2. The van der Waals surface area contributed by atoms with Crippen molar-refractivity contribution in [3.05, 3.63) is 28.2 Å². The van der Waals surface area contributed by atoms with Crippen molar-refractivity contribution in [1.29, 1.82) is 0 Å². The summed E-state index contributed by atoms with van der Waals surface area (Å²) in [4.78, 5) is 14.1. The number of likely N-dealkylation sites (tertiary alicyclic amines) is 1. The fourth-order valence-corrected chi connectivity index (χ4v) is 2.88. The number of hydrogen-bond donors (Lipinski definition) is 1. The number of aromatic hydroxyl groups is 1. The minimum atomic E-state index is -0.266. The maximum Gasteiger partial charge on any atom is 0.223 e. The molecule has 1 saturated heterocycles. The van der Waals surface area contributed by atoms with Crippen molar-refractivity contribution in [3.63, 3.8) is 0 Å². The summed E-state index contributed by atoms with van der Waals surface area (Å²) in [6, 6.07) is 2.18. The average Bonchev–Trinajstić information content (AvgIpc) is 2.43. The molecule has 2 heterocycles. The maximum absolute atomic E-state index is 11.7. The first-order chi connectivity index (χ1) is 9.61. The lowest BCUT2D eigenvalue weighted by Crippen LogP contribution is -2.37. The van der Waals surface area contributed by atoms with Crippen LogP contribution in [0.4, 0.5) is 0 Å². The van der Waals surface area contributed by atoms with Gasteiger partial charge < -0.3 is 9.67 Å². The maximum atomic E-state index is 11.7. The van der Waals surface area contributed by atoms with E-state index in [0.29, 0.717) is 6.04 Å². The number of piperidine rings is 1. The minimum absolute atomic E-state index is 0.142. The number of aromatic nitrogens is 1. The van der Waals surface area contributed by atoms with E-state index in [1.807, 2.05) is 4.57 Å². The Morgan fingerprint density at radius 2 is 2.20 bits per heavy atom. The molecule has 0 aromatic carbocycles. The molecular weight excluding hydrogens is 252 g/mol. The largest absolute Gasteiger partial charge is 0.503 e. The van der Waals surface area contributed by atoms with Crippen LogP contribution in [0.15, 0.2) is 17.1 Å². The zero-order chi connectivity index (χ0) is 14.5. The second-order valence-corrected chi connectivity index (χ2v) is 5.88. The van der Waals surface area contributed by atoms with Crippen LogP contribution < -0.4 is 5.43 Å². The van der Waals surface area contributed by atoms with E-state index in [0.717, 1.165) is 38.2 Å². The van der Waals surface area contributed by atoms with Gasteiger partial charge in [0, 0.05) is 30.9 Å². The summed E-state index contributed by atoms with van der Waals surface area (Å²) in [5, 5.41) is 9.63. The molecule has 1 aliphatic heterocycles. The van der Waals surface area contributed by atoms with Gasteiger partial charge in [-0.05, 0) is 32.7 Å². The van der Waals surface area contributed by atoms with Crippen molar-refractivity contribution in [2.75, 3.05) is 6.54 Å². The summed E-state index contributed by atoms with van der Waals surface area (Å²) in [6.45, 7) is 7.18. The number of hydrogen-bond acceptors (Lipinski definition) is 3. The number of unbranched alkanes of at least 4 members (excludes halogenated alkanes) is 1. The van der Waals surface area contributed by atoms with Gasteiger partial charge in [-0.15, -0.1) is 0 Å². The molecule has 1 atom stereocenters. The number of rotatable bonds is 5. The minimum Gasteiger partial charge on any atom is -0.503 e. The molecule has 1 N–H and O–H groups in total. The van der Waals surface area contributed by atoms with Crippen LogP contribution in [-0.2, 0) is 13.1 Å². The van der Waals surface area contributed by atoms with E-state index in [1.54, 1.807) is 12.3 Å². The van der Waals surface area contributed by atoms with Crippen molar-refractivity contribution >= 4 is 0 Å². The van der Waals surface area contributed by atoms with E-state index in [4.69, 9.17) is 0 Å². The van der Waals surface area contributed by atoms with Crippen molar-refractivity contribution < 1.29 is 5.11 Å². The Morgan fingerprint density at radius 1 is 1.40 bits per heavy atom. The second-order valence-electron chi connectivity index (χ2n) is 5.88. The smallest absolute Gasteiger partial charge is 0.223 e. The summed E-state index contributed by atoms with van der Waals surface area (Å²) < 4.78 is 2.04. The van der Waals surface area contributed by atoms with Crippen LogP contribution in [0.5, 0.6) is 5.75 Å². The summed E-state index contributed by atoms with van der Waals surface area (Å²) in [5.41, 5.74) is 0.757. The fourth-order valence-electron chi connectivity index (χ4n) is 2.88. The Labute approximate surface area is 121 Å². The molecule has 0 amide bonds. The van der Waals surface area contributed by atoms with Gasteiger partial charge in [-0.25, -0.2) is 0 Å². The first kappa shape index (κ1) is 15.1. The Balaban J connectivity index is 2.19. The van der Waals surface area contributed by atoms with Crippen LogP contribution in [-0.4, -0.2) is 27.2 Å². The van der Waals surface area contributed by atoms with Gasteiger partial charge >= 0.3 is 0 Å². The summed E-state index contributed by atoms with van der Waals surface area (Å²) in [6.07, 6.45) is 7.54. The van der Waals surface area contributed by atoms with Crippen LogP contribution >= 0.6 is 0 Å². The highest BCUT2D eigenvalue weighted by Crippen LogP contribution is 2.19. The lowest BCUT2D eigenvalue weighted by molar-refractivity contribution is 0.148. The fraction of sp³-hybridized carbons (Fsp3) is 0.688. The highest BCUT2D eigenvalue weighted by molar-refractivity contribution is 5.20. The molecule has 2 rings (SSSR count). The van der Waals surface area contributed by atoms with Gasteiger partial charge in [-0.1, -0.05) is 19.8 Å². The third-order valence-corrected chi connectivity index (χ3v) is 4.26. The standard InChI is InChI=1S/C16H26N2O2/c1-3-4-8-18-12-16(20)15(19)10-14(18)11-17-9-6-5-7-13(17)2/h10,12-13,20H,3-9,11H2,1-2H3. The summed E-state index contributed by atoms with van der Waals surface area (Å²) in [7, 11) is 0. The van der Waals surface area contributed by atoms with Gasteiger partial charge in [-0.3, -0.25) is 9.69 Å². The summed E-state index contributed by atoms with van der Waals surface area (Å²) in [5.74, 6) is -0.142. The van der Waals surface area contributed by atoms with Crippen LogP contribution in [0.2, 0.25) is 0 Å².